The number of hydrogen-bond acceptors (Lipinski definition) is 4. The molecule has 10 heteroatoms. The van der Waals surface area contributed by atoms with Crippen LogP contribution < -0.4 is 0 Å². The van der Waals surface area contributed by atoms with Crippen molar-refractivity contribution in [2.75, 3.05) is 0 Å². The summed E-state index contributed by atoms with van der Waals surface area (Å²) < 4.78 is 41.0. The van der Waals surface area contributed by atoms with E-state index in [1.807, 2.05) is 24.1 Å². The van der Waals surface area contributed by atoms with Gasteiger partial charge in [0.15, 0.2) is 0 Å². The van der Waals surface area contributed by atoms with Crippen LogP contribution in [0, 0.1) is 0 Å². The third-order valence-corrected chi connectivity index (χ3v) is 4.36. The number of aromatic nitrogens is 3. The topological polar surface area (TPSA) is 76.4 Å². The molecule has 28 heavy (non-hydrogen) atoms. The average Bonchev–Trinajstić information content (AvgIpc) is 3.28. The Balaban J connectivity index is 0.000000279. The number of carboxylic acids is 1. The van der Waals surface area contributed by atoms with Crippen LogP contribution in [0.25, 0.3) is 11.3 Å². The molecule has 3 aromatic rings. The molecule has 0 spiro atoms. The minimum Gasteiger partial charge on any atom is -0.475 e. The van der Waals surface area contributed by atoms with E-state index in [9.17, 15) is 13.2 Å². The first-order valence-electron chi connectivity index (χ1n) is 8.35. The Kier molecular flexibility index (Phi) is 5.32. The molecule has 0 saturated heterocycles. The highest BCUT2D eigenvalue weighted by Crippen LogP contribution is 2.32. The van der Waals surface area contributed by atoms with Gasteiger partial charge in [-0.2, -0.15) is 18.3 Å². The van der Waals surface area contributed by atoms with Gasteiger partial charge in [0.25, 0.3) is 0 Å². The maximum Gasteiger partial charge on any atom is 0.490 e. The molecule has 0 bridgehead atoms. The van der Waals surface area contributed by atoms with Crippen LogP contribution in [0.15, 0.2) is 41.5 Å². The molecule has 7 nitrogen and oxygen atoms in total. The van der Waals surface area contributed by atoms with Crippen LogP contribution in [0.3, 0.4) is 0 Å². The number of aryl methyl sites for hydroxylation is 2. The van der Waals surface area contributed by atoms with Crippen LogP contribution in [0.1, 0.15) is 16.8 Å². The van der Waals surface area contributed by atoms with Crippen LogP contribution in [0.4, 0.5) is 13.2 Å². The normalized spacial score (nSPS) is 13.9. The summed E-state index contributed by atoms with van der Waals surface area (Å²) in [6, 6.07) is 4.20. The fourth-order valence-electron chi connectivity index (χ4n) is 3.12. The highest BCUT2D eigenvalue weighted by molar-refractivity contribution is 5.73. The molecule has 4 heterocycles. The number of halogens is 3. The first-order chi connectivity index (χ1) is 13.1. The lowest BCUT2D eigenvalue weighted by atomic mass is 10.1. The molecule has 0 radical (unpaired) electrons. The van der Waals surface area contributed by atoms with Crippen LogP contribution in [0.2, 0.25) is 0 Å². The van der Waals surface area contributed by atoms with Crippen molar-refractivity contribution in [1.29, 1.82) is 0 Å². The summed E-state index contributed by atoms with van der Waals surface area (Å²) in [5, 5.41) is 11.8. The molecule has 0 fully saturated rings. The number of aliphatic carboxylic acids is 1. The Morgan fingerprint density at radius 3 is 2.61 bits per heavy atom. The summed E-state index contributed by atoms with van der Waals surface area (Å²) in [4.78, 5) is 11.3. The van der Waals surface area contributed by atoms with Gasteiger partial charge in [0.1, 0.15) is 0 Å². The van der Waals surface area contributed by atoms with Gasteiger partial charge in [-0.1, -0.05) is 0 Å². The van der Waals surface area contributed by atoms with Crippen molar-refractivity contribution in [3.63, 3.8) is 0 Å². The summed E-state index contributed by atoms with van der Waals surface area (Å²) in [7, 11) is 4.08. The summed E-state index contributed by atoms with van der Waals surface area (Å²) in [5.74, 6) is -2.76. The Hall–Kier alpha value is -3.01. The number of rotatable bonds is 2. The van der Waals surface area contributed by atoms with Gasteiger partial charge in [0.05, 0.1) is 18.2 Å². The van der Waals surface area contributed by atoms with E-state index < -0.39 is 12.1 Å². The lowest BCUT2D eigenvalue weighted by Gasteiger charge is -2.20. The first-order valence-corrected chi connectivity index (χ1v) is 8.35. The number of nitrogens with zero attached hydrogens (tertiary/aromatic N) is 4. The SMILES string of the molecule is Cn1cc2c(n1)-c1ccn(C)c1CN(Cc1ccoc1)C2.O=C(O)C(F)(F)F. The fourth-order valence-corrected chi connectivity index (χ4v) is 3.12. The Labute approximate surface area is 158 Å². The minimum atomic E-state index is -5.08. The van der Waals surface area contributed by atoms with E-state index in [1.54, 1.807) is 6.26 Å². The van der Waals surface area contributed by atoms with Crippen LogP contribution in [0.5, 0.6) is 0 Å². The number of alkyl halides is 3. The monoisotopic (exact) mass is 396 g/mol. The van der Waals surface area contributed by atoms with Gasteiger partial charge in [0.2, 0.25) is 0 Å². The molecule has 0 saturated carbocycles. The number of carbonyl (C=O) groups is 1. The quantitative estimate of drug-likeness (QED) is 0.720. The predicted molar refractivity (Wildman–Crippen MR) is 93.0 cm³/mol. The first kappa shape index (κ1) is 19.7. The lowest BCUT2D eigenvalue weighted by Crippen LogP contribution is -2.22. The maximum atomic E-state index is 10.6. The highest BCUT2D eigenvalue weighted by Gasteiger charge is 2.38. The van der Waals surface area contributed by atoms with Crippen molar-refractivity contribution in [1.82, 2.24) is 19.2 Å². The summed E-state index contributed by atoms with van der Waals surface area (Å²) in [6.45, 7) is 2.71. The molecule has 1 aliphatic heterocycles. The molecular formula is C18H19F3N4O3. The van der Waals surface area contributed by atoms with Gasteiger partial charge in [-0.3, -0.25) is 9.58 Å². The zero-order valence-corrected chi connectivity index (χ0v) is 15.3. The van der Waals surface area contributed by atoms with Crippen molar-refractivity contribution in [2.24, 2.45) is 14.1 Å². The van der Waals surface area contributed by atoms with Crippen LogP contribution in [-0.2, 0) is 38.5 Å². The molecule has 0 atom stereocenters. The lowest BCUT2D eigenvalue weighted by molar-refractivity contribution is -0.192. The largest absolute Gasteiger partial charge is 0.490 e. The molecule has 0 unspecified atom stereocenters. The second-order valence-corrected chi connectivity index (χ2v) is 6.54. The van der Waals surface area contributed by atoms with Crippen LogP contribution in [-0.4, -0.2) is 36.5 Å². The van der Waals surface area contributed by atoms with E-state index in [4.69, 9.17) is 14.3 Å². The average molecular weight is 396 g/mol. The van der Waals surface area contributed by atoms with Crippen molar-refractivity contribution < 1.29 is 27.5 Å². The maximum absolute atomic E-state index is 10.6. The van der Waals surface area contributed by atoms with E-state index in [-0.39, 0.29) is 0 Å². The molecular weight excluding hydrogens is 377 g/mol. The molecule has 0 aliphatic carbocycles. The fraction of sp³-hybridized carbons (Fsp3) is 0.333. The van der Waals surface area contributed by atoms with Gasteiger partial charge in [0, 0.05) is 68.5 Å². The molecule has 1 N–H and O–H groups in total. The second kappa shape index (κ2) is 7.55. The third kappa shape index (κ3) is 4.28. The Morgan fingerprint density at radius 2 is 2.00 bits per heavy atom. The molecule has 0 aromatic carbocycles. The van der Waals surface area contributed by atoms with Crippen molar-refractivity contribution in [3.8, 4) is 11.3 Å². The zero-order valence-electron chi connectivity index (χ0n) is 15.3. The number of hydrogen-bond donors (Lipinski definition) is 1. The Bertz CT molecular complexity index is 958. The molecule has 3 aromatic heterocycles. The molecule has 0 amide bonds. The minimum absolute atomic E-state index is 0.884. The summed E-state index contributed by atoms with van der Waals surface area (Å²) in [6.07, 6.45) is 2.71. The highest BCUT2D eigenvalue weighted by atomic mass is 19.4. The number of carboxylic acid groups (broad SMARTS) is 1. The van der Waals surface area contributed by atoms with Crippen molar-refractivity contribution in [3.05, 3.63) is 53.9 Å². The van der Waals surface area contributed by atoms with E-state index in [0.717, 1.165) is 25.3 Å². The van der Waals surface area contributed by atoms with Crippen LogP contribution >= 0.6 is 0 Å². The van der Waals surface area contributed by atoms with E-state index in [2.05, 4.69) is 40.1 Å². The molecule has 4 rings (SSSR count). The van der Waals surface area contributed by atoms with Crippen molar-refractivity contribution >= 4 is 5.97 Å². The predicted octanol–water partition coefficient (Wildman–Crippen LogP) is 3.17. The van der Waals surface area contributed by atoms with Gasteiger partial charge in [-0.05, 0) is 12.1 Å². The van der Waals surface area contributed by atoms with Gasteiger partial charge >= 0.3 is 12.1 Å². The molecule has 150 valence electrons. The Morgan fingerprint density at radius 1 is 1.29 bits per heavy atom. The second-order valence-electron chi connectivity index (χ2n) is 6.54. The van der Waals surface area contributed by atoms with Gasteiger partial charge in [-0.15, -0.1) is 0 Å². The van der Waals surface area contributed by atoms with Crippen molar-refractivity contribution in [2.45, 2.75) is 25.8 Å². The van der Waals surface area contributed by atoms with Gasteiger partial charge < -0.3 is 14.1 Å². The standard InChI is InChI=1S/C16H18N4O.C2HF3O2/c1-18-5-3-14-15(18)10-20(7-12-4-6-21-11-12)9-13-8-19(2)17-16(13)14;3-2(4,5)1(6)7/h3-6,8,11H,7,9-10H2,1-2H3;(H,6,7). The van der Waals surface area contributed by atoms with E-state index in [0.29, 0.717) is 0 Å². The number of furan rings is 1. The summed E-state index contributed by atoms with van der Waals surface area (Å²) >= 11 is 0. The third-order valence-electron chi connectivity index (χ3n) is 4.36. The summed E-state index contributed by atoms with van der Waals surface area (Å²) in [5.41, 5.74) is 6.17. The zero-order chi connectivity index (χ0) is 20.5. The van der Waals surface area contributed by atoms with E-state index >= 15 is 0 Å². The smallest absolute Gasteiger partial charge is 0.475 e. The van der Waals surface area contributed by atoms with Gasteiger partial charge in [-0.25, -0.2) is 4.79 Å². The number of fused-ring (bicyclic) bond motifs is 3. The molecule has 1 aliphatic rings. The van der Waals surface area contributed by atoms with E-state index in [1.165, 1.54) is 22.4 Å².